The lowest BCUT2D eigenvalue weighted by molar-refractivity contribution is -0.167. The molecule has 1 atom stereocenters. The molecule has 0 aromatic rings. The topological polar surface area (TPSA) is 78.9 Å². The first-order valence-corrected chi connectivity index (χ1v) is 29.8. The number of rotatable bonds is 55. The molecule has 394 valence electrons. The maximum absolute atomic E-state index is 12.9. The van der Waals surface area contributed by atoms with Gasteiger partial charge >= 0.3 is 17.9 Å². The van der Waals surface area contributed by atoms with Crippen molar-refractivity contribution in [2.75, 3.05) is 13.2 Å². The van der Waals surface area contributed by atoms with Crippen LogP contribution in [-0.4, -0.2) is 37.2 Å². The van der Waals surface area contributed by atoms with Gasteiger partial charge in [-0.05, 0) is 70.6 Å². The summed E-state index contributed by atoms with van der Waals surface area (Å²) in [6.45, 7) is 6.65. The van der Waals surface area contributed by atoms with Crippen molar-refractivity contribution in [1.29, 1.82) is 0 Å². The SMILES string of the molecule is CCCCC/C=C\CCCCCCCC(=O)OCC(COC(=O)CCCCCCCCCCCCCCCCCCCCCC)OC(=O)CCCCCCCCC/C=C\CCCCCCCC. The first kappa shape index (κ1) is 64.9. The molecule has 0 bridgehead atoms. The van der Waals surface area contributed by atoms with Crippen molar-refractivity contribution in [2.45, 2.75) is 335 Å². The molecule has 0 N–H and O–H groups in total. The molecule has 6 heteroatoms. The predicted octanol–water partition coefficient (Wildman–Crippen LogP) is 19.9. The lowest BCUT2D eigenvalue weighted by Gasteiger charge is -2.18. The zero-order chi connectivity index (χ0) is 48.6. The Balaban J connectivity index is 4.28. The molecule has 0 fully saturated rings. The fourth-order valence-corrected chi connectivity index (χ4v) is 8.91. The van der Waals surface area contributed by atoms with Gasteiger partial charge in [-0.1, -0.05) is 263 Å². The number of carbonyl (C=O) groups excluding carboxylic acids is 3. The van der Waals surface area contributed by atoms with E-state index in [0.29, 0.717) is 19.3 Å². The average molecular weight is 944 g/mol. The Morgan fingerprint density at radius 1 is 0.284 bits per heavy atom. The smallest absolute Gasteiger partial charge is 0.306 e. The predicted molar refractivity (Wildman–Crippen MR) is 289 cm³/mol. The molecular formula is C61H114O6. The minimum Gasteiger partial charge on any atom is -0.462 e. The van der Waals surface area contributed by atoms with Crippen molar-refractivity contribution in [1.82, 2.24) is 0 Å². The second-order valence-electron chi connectivity index (χ2n) is 20.3. The van der Waals surface area contributed by atoms with Crippen LogP contribution in [0.5, 0.6) is 0 Å². The number of esters is 3. The number of unbranched alkanes of at least 4 members (excludes halogenated alkanes) is 40. The molecule has 0 aromatic heterocycles. The average Bonchev–Trinajstić information content (AvgIpc) is 3.33. The third kappa shape index (κ3) is 54.7. The fraction of sp³-hybridized carbons (Fsp3) is 0.885. The van der Waals surface area contributed by atoms with E-state index in [4.69, 9.17) is 14.2 Å². The van der Waals surface area contributed by atoms with Gasteiger partial charge in [-0.3, -0.25) is 14.4 Å². The van der Waals surface area contributed by atoms with Crippen molar-refractivity contribution in [3.63, 3.8) is 0 Å². The number of ether oxygens (including phenoxy) is 3. The van der Waals surface area contributed by atoms with Crippen LogP contribution in [0.25, 0.3) is 0 Å². The van der Waals surface area contributed by atoms with Crippen LogP contribution < -0.4 is 0 Å². The molecule has 0 aliphatic heterocycles. The summed E-state index contributed by atoms with van der Waals surface area (Å²) < 4.78 is 16.9. The third-order valence-electron chi connectivity index (χ3n) is 13.4. The van der Waals surface area contributed by atoms with Gasteiger partial charge < -0.3 is 14.2 Å². The van der Waals surface area contributed by atoms with E-state index in [1.54, 1.807) is 0 Å². The van der Waals surface area contributed by atoms with Gasteiger partial charge in [-0.25, -0.2) is 0 Å². The van der Waals surface area contributed by atoms with Crippen LogP contribution in [-0.2, 0) is 28.6 Å². The summed E-state index contributed by atoms with van der Waals surface area (Å²) in [5.41, 5.74) is 0. The quantitative estimate of drug-likeness (QED) is 0.0262. The largest absolute Gasteiger partial charge is 0.462 e. The molecule has 0 rings (SSSR count). The van der Waals surface area contributed by atoms with Crippen LogP contribution in [0.4, 0.5) is 0 Å². The van der Waals surface area contributed by atoms with Gasteiger partial charge in [0.25, 0.3) is 0 Å². The van der Waals surface area contributed by atoms with E-state index in [0.717, 1.165) is 64.2 Å². The zero-order valence-electron chi connectivity index (χ0n) is 45.2. The van der Waals surface area contributed by atoms with E-state index in [2.05, 4.69) is 45.1 Å². The summed E-state index contributed by atoms with van der Waals surface area (Å²) in [6, 6.07) is 0. The van der Waals surface area contributed by atoms with Crippen molar-refractivity contribution >= 4 is 17.9 Å². The molecule has 0 spiro atoms. The second kappa shape index (κ2) is 56.5. The number of hydrogen-bond donors (Lipinski definition) is 0. The summed E-state index contributed by atoms with van der Waals surface area (Å²) in [5.74, 6) is -0.864. The van der Waals surface area contributed by atoms with Crippen molar-refractivity contribution in [2.24, 2.45) is 0 Å². The molecule has 0 heterocycles. The Morgan fingerprint density at radius 2 is 0.493 bits per heavy atom. The van der Waals surface area contributed by atoms with E-state index >= 15 is 0 Å². The molecule has 0 aliphatic carbocycles. The summed E-state index contributed by atoms with van der Waals surface area (Å²) in [5, 5.41) is 0. The molecule has 0 saturated carbocycles. The normalized spacial score (nSPS) is 12.1. The second-order valence-corrected chi connectivity index (χ2v) is 20.3. The van der Waals surface area contributed by atoms with Crippen LogP contribution >= 0.6 is 0 Å². The first-order chi connectivity index (χ1) is 33.0. The highest BCUT2D eigenvalue weighted by Gasteiger charge is 2.19. The van der Waals surface area contributed by atoms with Crippen LogP contribution in [0.3, 0.4) is 0 Å². The Hall–Kier alpha value is -2.11. The number of hydrogen-bond acceptors (Lipinski definition) is 6. The maximum Gasteiger partial charge on any atom is 0.306 e. The molecular weight excluding hydrogens is 829 g/mol. The Morgan fingerprint density at radius 3 is 0.776 bits per heavy atom. The Labute approximate surface area is 417 Å². The monoisotopic (exact) mass is 943 g/mol. The van der Waals surface area contributed by atoms with E-state index in [-0.39, 0.29) is 31.1 Å². The van der Waals surface area contributed by atoms with E-state index < -0.39 is 6.10 Å². The minimum atomic E-state index is -0.773. The molecule has 67 heavy (non-hydrogen) atoms. The molecule has 0 aliphatic rings. The number of allylic oxidation sites excluding steroid dienone is 4. The summed E-state index contributed by atoms with van der Waals surface area (Å²) in [4.78, 5) is 38.1. The van der Waals surface area contributed by atoms with E-state index in [1.165, 1.54) is 225 Å². The lowest BCUT2D eigenvalue weighted by Crippen LogP contribution is -2.30. The van der Waals surface area contributed by atoms with E-state index in [9.17, 15) is 14.4 Å². The lowest BCUT2D eigenvalue weighted by atomic mass is 10.0. The van der Waals surface area contributed by atoms with Gasteiger partial charge in [0.05, 0.1) is 0 Å². The summed E-state index contributed by atoms with van der Waals surface area (Å²) in [7, 11) is 0. The highest BCUT2D eigenvalue weighted by atomic mass is 16.6. The summed E-state index contributed by atoms with van der Waals surface area (Å²) in [6.07, 6.45) is 66.0. The van der Waals surface area contributed by atoms with Gasteiger partial charge in [0, 0.05) is 19.3 Å². The molecule has 0 aromatic carbocycles. The van der Waals surface area contributed by atoms with Crippen molar-refractivity contribution in [3.8, 4) is 0 Å². The maximum atomic E-state index is 12.9. The molecule has 0 amide bonds. The highest BCUT2D eigenvalue weighted by molar-refractivity contribution is 5.71. The van der Waals surface area contributed by atoms with Gasteiger partial charge in [-0.2, -0.15) is 0 Å². The fourth-order valence-electron chi connectivity index (χ4n) is 8.91. The van der Waals surface area contributed by atoms with Gasteiger partial charge in [-0.15, -0.1) is 0 Å². The standard InChI is InChI=1S/C61H114O6/c1-4-7-10-13-16-19-22-25-27-29-30-31-33-34-36-39-42-45-48-51-54-60(63)66-57-58(56-65-59(62)53-50-47-44-41-38-24-21-18-15-12-9-6-3)67-61(64)55-52-49-46-43-40-37-35-32-28-26-23-20-17-14-11-8-5-2/h18,21,26,28,58H,4-17,19-20,22-25,27,29-57H2,1-3H3/b21-18-,28-26-. The summed E-state index contributed by atoms with van der Waals surface area (Å²) >= 11 is 0. The van der Waals surface area contributed by atoms with Crippen LogP contribution in [0.1, 0.15) is 329 Å². The van der Waals surface area contributed by atoms with Crippen LogP contribution in [0.15, 0.2) is 24.3 Å². The van der Waals surface area contributed by atoms with Crippen molar-refractivity contribution in [3.05, 3.63) is 24.3 Å². The van der Waals surface area contributed by atoms with Crippen LogP contribution in [0.2, 0.25) is 0 Å². The zero-order valence-corrected chi connectivity index (χ0v) is 45.2. The van der Waals surface area contributed by atoms with Gasteiger partial charge in [0.15, 0.2) is 6.10 Å². The van der Waals surface area contributed by atoms with Crippen molar-refractivity contribution < 1.29 is 28.6 Å². The highest BCUT2D eigenvalue weighted by Crippen LogP contribution is 2.17. The number of carbonyl (C=O) groups is 3. The van der Waals surface area contributed by atoms with Crippen LogP contribution in [0, 0.1) is 0 Å². The molecule has 0 saturated heterocycles. The molecule has 6 nitrogen and oxygen atoms in total. The first-order valence-electron chi connectivity index (χ1n) is 29.8. The Kier molecular flexibility index (Phi) is 54.7. The molecule has 1 unspecified atom stereocenters. The van der Waals surface area contributed by atoms with Gasteiger partial charge in [0.2, 0.25) is 0 Å². The van der Waals surface area contributed by atoms with E-state index in [1.807, 2.05) is 0 Å². The molecule has 0 radical (unpaired) electrons. The minimum absolute atomic E-state index is 0.0711. The Bertz CT molecular complexity index is 1080. The van der Waals surface area contributed by atoms with Gasteiger partial charge in [0.1, 0.15) is 13.2 Å². The third-order valence-corrected chi connectivity index (χ3v) is 13.4.